The van der Waals surface area contributed by atoms with Crippen LogP contribution in [0.4, 0.5) is 0 Å². The molecule has 0 spiro atoms. The van der Waals surface area contributed by atoms with Gasteiger partial charge in [0.2, 0.25) is 5.89 Å². The first-order chi connectivity index (χ1) is 15.7. The van der Waals surface area contributed by atoms with E-state index >= 15 is 0 Å². The number of hydrogen-bond donors (Lipinski definition) is 0. The summed E-state index contributed by atoms with van der Waals surface area (Å²) < 4.78 is 16.6. The van der Waals surface area contributed by atoms with Crippen molar-refractivity contribution >= 4 is 17.1 Å². The molecule has 0 fully saturated rings. The second kappa shape index (κ2) is 10.6. The van der Waals surface area contributed by atoms with Crippen LogP contribution in [-0.4, -0.2) is 24.2 Å². The van der Waals surface area contributed by atoms with Crippen LogP contribution in [0.5, 0.6) is 5.75 Å². The van der Waals surface area contributed by atoms with Gasteiger partial charge in [0.1, 0.15) is 11.3 Å². The number of rotatable bonds is 10. The Bertz CT molecular complexity index is 1110. The minimum atomic E-state index is -0.120. The molecule has 0 aliphatic carbocycles. The van der Waals surface area contributed by atoms with E-state index in [9.17, 15) is 4.79 Å². The SMILES string of the molecule is CCOC(=O)CCCCCOc1ccc(-c2ccc(-c3nc4ccccc4o3)cc2)cc1. The van der Waals surface area contributed by atoms with Crippen molar-refractivity contribution in [2.24, 2.45) is 0 Å². The van der Waals surface area contributed by atoms with E-state index in [0.29, 0.717) is 25.5 Å². The molecule has 0 bridgehead atoms. The molecule has 3 aromatic carbocycles. The minimum Gasteiger partial charge on any atom is -0.494 e. The standard InChI is InChI=1S/C27H27NO4/c1-2-30-26(29)10-4-3-7-19-31-23-17-15-21(16-18-23)20-11-13-22(14-12-20)27-28-24-8-5-6-9-25(24)32-27/h5-6,8-9,11-18H,2-4,7,10,19H2,1H3. The average molecular weight is 430 g/mol. The van der Waals surface area contributed by atoms with Crippen molar-refractivity contribution in [3.63, 3.8) is 0 Å². The molecule has 5 heteroatoms. The lowest BCUT2D eigenvalue weighted by Gasteiger charge is -2.08. The Morgan fingerprint density at radius 3 is 2.25 bits per heavy atom. The highest BCUT2D eigenvalue weighted by Gasteiger charge is 2.08. The molecule has 164 valence electrons. The molecule has 0 N–H and O–H groups in total. The molecule has 0 atom stereocenters. The van der Waals surface area contributed by atoms with Crippen LogP contribution in [0.2, 0.25) is 0 Å². The lowest BCUT2D eigenvalue weighted by atomic mass is 10.0. The van der Waals surface area contributed by atoms with E-state index in [4.69, 9.17) is 13.9 Å². The second-order valence-corrected chi connectivity index (χ2v) is 7.55. The molecular weight excluding hydrogens is 402 g/mol. The molecule has 1 heterocycles. The first-order valence-electron chi connectivity index (χ1n) is 11.1. The van der Waals surface area contributed by atoms with Crippen molar-refractivity contribution in [2.45, 2.75) is 32.6 Å². The lowest BCUT2D eigenvalue weighted by molar-refractivity contribution is -0.143. The Hall–Kier alpha value is -3.60. The highest BCUT2D eigenvalue weighted by atomic mass is 16.5. The summed E-state index contributed by atoms with van der Waals surface area (Å²) in [5.41, 5.74) is 4.85. The zero-order valence-corrected chi connectivity index (χ0v) is 18.3. The summed E-state index contributed by atoms with van der Waals surface area (Å²) in [6.45, 7) is 2.91. The molecule has 4 rings (SSSR count). The van der Waals surface area contributed by atoms with Crippen molar-refractivity contribution in [1.29, 1.82) is 0 Å². The second-order valence-electron chi connectivity index (χ2n) is 7.55. The average Bonchev–Trinajstić information content (AvgIpc) is 3.26. The highest BCUT2D eigenvalue weighted by Crippen LogP contribution is 2.28. The topological polar surface area (TPSA) is 61.6 Å². The van der Waals surface area contributed by atoms with Gasteiger partial charge in [-0.1, -0.05) is 36.4 Å². The molecule has 5 nitrogen and oxygen atoms in total. The van der Waals surface area contributed by atoms with Crippen molar-refractivity contribution in [3.05, 3.63) is 72.8 Å². The van der Waals surface area contributed by atoms with Gasteiger partial charge in [0.15, 0.2) is 5.58 Å². The molecule has 1 aromatic heterocycles. The van der Waals surface area contributed by atoms with E-state index in [2.05, 4.69) is 29.2 Å². The first-order valence-corrected chi connectivity index (χ1v) is 11.1. The van der Waals surface area contributed by atoms with Gasteiger partial charge in [-0.2, -0.15) is 0 Å². The number of hydrogen-bond acceptors (Lipinski definition) is 5. The Morgan fingerprint density at radius 1 is 0.844 bits per heavy atom. The van der Waals surface area contributed by atoms with Gasteiger partial charge in [0.05, 0.1) is 13.2 Å². The smallest absolute Gasteiger partial charge is 0.305 e. The number of ether oxygens (including phenoxy) is 2. The number of oxazole rings is 1. The third-order valence-electron chi connectivity index (χ3n) is 5.21. The van der Waals surface area contributed by atoms with E-state index in [1.807, 2.05) is 55.5 Å². The number of esters is 1. The fraction of sp³-hybridized carbons (Fsp3) is 0.259. The van der Waals surface area contributed by atoms with Crippen LogP contribution in [0.3, 0.4) is 0 Å². The molecule has 0 aliphatic rings. The molecular formula is C27H27NO4. The van der Waals surface area contributed by atoms with Crippen LogP contribution in [0.1, 0.15) is 32.6 Å². The highest BCUT2D eigenvalue weighted by molar-refractivity contribution is 5.76. The monoisotopic (exact) mass is 429 g/mol. The molecule has 4 aromatic rings. The van der Waals surface area contributed by atoms with Crippen LogP contribution in [0, 0.1) is 0 Å². The largest absolute Gasteiger partial charge is 0.494 e. The van der Waals surface area contributed by atoms with Gasteiger partial charge in [0, 0.05) is 12.0 Å². The van der Waals surface area contributed by atoms with Crippen LogP contribution >= 0.6 is 0 Å². The predicted octanol–water partition coefficient (Wildman–Crippen LogP) is 6.66. The number of carbonyl (C=O) groups is 1. The quantitative estimate of drug-likeness (QED) is 0.208. The number of fused-ring (bicyclic) bond motifs is 1. The third-order valence-corrected chi connectivity index (χ3v) is 5.21. The number of nitrogens with zero attached hydrogens (tertiary/aromatic N) is 1. The zero-order chi connectivity index (χ0) is 22.2. The van der Waals surface area contributed by atoms with Crippen molar-refractivity contribution in [1.82, 2.24) is 4.98 Å². The van der Waals surface area contributed by atoms with E-state index in [1.165, 1.54) is 0 Å². The van der Waals surface area contributed by atoms with Gasteiger partial charge >= 0.3 is 5.97 Å². The number of para-hydroxylation sites is 2. The summed E-state index contributed by atoms with van der Waals surface area (Å²) in [4.78, 5) is 15.9. The number of aromatic nitrogens is 1. The van der Waals surface area contributed by atoms with Crippen molar-refractivity contribution < 1.29 is 18.7 Å². The van der Waals surface area contributed by atoms with E-state index in [-0.39, 0.29) is 5.97 Å². The maximum Gasteiger partial charge on any atom is 0.305 e. The Labute approximate surface area is 188 Å². The lowest BCUT2D eigenvalue weighted by Crippen LogP contribution is -2.04. The summed E-state index contributed by atoms with van der Waals surface area (Å²) in [7, 11) is 0. The Morgan fingerprint density at radius 2 is 1.53 bits per heavy atom. The maximum atomic E-state index is 11.3. The molecule has 0 unspecified atom stereocenters. The number of carbonyl (C=O) groups excluding carboxylic acids is 1. The fourth-order valence-electron chi connectivity index (χ4n) is 3.52. The van der Waals surface area contributed by atoms with Gasteiger partial charge in [-0.05, 0) is 73.7 Å². The summed E-state index contributed by atoms with van der Waals surface area (Å²) in [6.07, 6.45) is 3.18. The molecule has 32 heavy (non-hydrogen) atoms. The molecule has 0 aliphatic heterocycles. The normalized spacial score (nSPS) is 10.9. The molecule has 0 amide bonds. The molecule has 0 saturated carbocycles. The van der Waals surface area contributed by atoms with Crippen LogP contribution in [-0.2, 0) is 9.53 Å². The molecule has 0 saturated heterocycles. The van der Waals surface area contributed by atoms with E-state index in [1.54, 1.807) is 0 Å². The summed E-state index contributed by atoms with van der Waals surface area (Å²) >= 11 is 0. The van der Waals surface area contributed by atoms with Gasteiger partial charge in [0.25, 0.3) is 0 Å². The summed E-state index contributed by atoms with van der Waals surface area (Å²) in [6, 6.07) is 24.1. The Kier molecular flexibility index (Phi) is 7.18. The van der Waals surface area contributed by atoms with Crippen molar-refractivity contribution in [3.8, 4) is 28.3 Å². The van der Waals surface area contributed by atoms with E-state index < -0.39 is 0 Å². The molecule has 0 radical (unpaired) electrons. The van der Waals surface area contributed by atoms with Crippen LogP contribution in [0.15, 0.2) is 77.2 Å². The van der Waals surface area contributed by atoms with Gasteiger partial charge in [-0.25, -0.2) is 4.98 Å². The van der Waals surface area contributed by atoms with Crippen LogP contribution in [0.25, 0.3) is 33.7 Å². The summed E-state index contributed by atoms with van der Waals surface area (Å²) in [5, 5.41) is 0. The van der Waals surface area contributed by atoms with Gasteiger partial charge < -0.3 is 13.9 Å². The van der Waals surface area contributed by atoms with E-state index in [0.717, 1.165) is 52.8 Å². The third kappa shape index (κ3) is 5.55. The van der Waals surface area contributed by atoms with Gasteiger partial charge in [-0.15, -0.1) is 0 Å². The first kappa shape index (κ1) is 21.6. The maximum absolute atomic E-state index is 11.3. The predicted molar refractivity (Wildman–Crippen MR) is 125 cm³/mol. The number of unbranched alkanes of at least 4 members (excludes halogenated alkanes) is 2. The summed E-state index contributed by atoms with van der Waals surface area (Å²) in [5.74, 6) is 1.36. The number of benzene rings is 3. The van der Waals surface area contributed by atoms with Gasteiger partial charge in [-0.3, -0.25) is 4.79 Å². The fourth-order valence-corrected chi connectivity index (χ4v) is 3.52. The Balaban J connectivity index is 1.28. The van der Waals surface area contributed by atoms with Crippen LogP contribution < -0.4 is 4.74 Å². The van der Waals surface area contributed by atoms with Crippen molar-refractivity contribution in [2.75, 3.05) is 13.2 Å². The zero-order valence-electron chi connectivity index (χ0n) is 18.3. The minimum absolute atomic E-state index is 0.120.